The van der Waals surface area contributed by atoms with Gasteiger partial charge in [0.15, 0.2) is 0 Å². The molecule has 144 valence electrons. The van der Waals surface area contributed by atoms with E-state index in [9.17, 15) is 4.79 Å². The maximum absolute atomic E-state index is 12.7. The average Bonchev–Trinajstić information content (AvgIpc) is 3.17. The number of rotatable bonds is 5. The molecule has 1 saturated heterocycles. The molecule has 2 aromatic carbocycles. The van der Waals surface area contributed by atoms with Crippen LogP contribution in [0.2, 0.25) is 0 Å². The van der Waals surface area contributed by atoms with E-state index in [1.165, 1.54) is 0 Å². The van der Waals surface area contributed by atoms with Gasteiger partial charge in [-0.25, -0.2) is 0 Å². The van der Waals surface area contributed by atoms with E-state index in [0.29, 0.717) is 18.3 Å². The number of hydrogen-bond donors (Lipinski definition) is 0. The van der Waals surface area contributed by atoms with E-state index in [1.54, 1.807) is 0 Å². The predicted molar refractivity (Wildman–Crippen MR) is 105 cm³/mol. The quantitative estimate of drug-likeness (QED) is 0.679. The van der Waals surface area contributed by atoms with E-state index in [4.69, 9.17) is 9.26 Å². The average molecular weight is 377 g/mol. The van der Waals surface area contributed by atoms with Crippen LogP contribution in [0.25, 0.3) is 11.4 Å². The molecule has 1 aliphatic heterocycles. The number of nitrogens with zero attached hydrogens (tertiary/aromatic N) is 3. The normalized spacial score (nSPS) is 16.8. The van der Waals surface area contributed by atoms with Crippen molar-refractivity contribution in [2.24, 2.45) is 0 Å². The van der Waals surface area contributed by atoms with Gasteiger partial charge in [0.05, 0.1) is 6.54 Å². The maximum Gasteiger partial charge on any atom is 0.236 e. The minimum Gasteiger partial charge on any atom is -0.489 e. The Morgan fingerprint density at radius 3 is 2.79 bits per heavy atom. The second-order valence-electron chi connectivity index (χ2n) is 7.04. The number of piperidine rings is 1. The molecule has 0 saturated carbocycles. The van der Waals surface area contributed by atoms with Gasteiger partial charge in [0.1, 0.15) is 18.3 Å². The highest BCUT2D eigenvalue weighted by atomic mass is 16.5. The van der Waals surface area contributed by atoms with E-state index in [1.807, 2.05) is 66.4 Å². The van der Waals surface area contributed by atoms with Crippen molar-refractivity contribution in [3.8, 4) is 17.1 Å². The van der Waals surface area contributed by atoms with Crippen LogP contribution < -0.4 is 4.74 Å². The SMILES string of the molecule is Cc1ccccc1-c1noc(CC(=O)N2CCCC(Oc3ccccc3)C2)n1. The van der Waals surface area contributed by atoms with Crippen molar-refractivity contribution < 1.29 is 14.1 Å². The first-order chi connectivity index (χ1) is 13.7. The summed E-state index contributed by atoms with van der Waals surface area (Å²) in [4.78, 5) is 19.0. The van der Waals surface area contributed by atoms with Crippen LogP contribution in [0.1, 0.15) is 24.3 Å². The summed E-state index contributed by atoms with van der Waals surface area (Å²) in [5, 5.41) is 4.03. The van der Waals surface area contributed by atoms with Crippen molar-refractivity contribution in [3.05, 3.63) is 66.1 Å². The molecule has 28 heavy (non-hydrogen) atoms. The number of aromatic nitrogens is 2. The minimum absolute atomic E-state index is 0.00492. The molecule has 4 rings (SSSR count). The number of hydrogen-bond acceptors (Lipinski definition) is 5. The van der Waals surface area contributed by atoms with E-state index < -0.39 is 0 Å². The van der Waals surface area contributed by atoms with Crippen LogP contribution in [0.4, 0.5) is 0 Å². The molecule has 2 heterocycles. The molecule has 1 amide bonds. The number of aryl methyl sites for hydroxylation is 1. The second-order valence-corrected chi connectivity index (χ2v) is 7.04. The Balaban J connectivity index is 1.38. The zero-order chi connectivity index (χ0) is 19.3. The van der Waals surface area contributed by atoms with Gasteiger partial charge in [-0.2, -0.15) is 4.98 Å². The molecule has 1 atom stereocenters. The summed E-state index contributed by atoms with van der Waals surface area (Å²) in [6, 6.07) is 17.6. The van der Waals surface area contributed by atoms with Crippen molar-refractivity contribution in [2.45, 2.75) is 32.3 Å². The Kier molecular flexibility index (Phi) is 5.37. The lowest BCUT2D eigenvalue weighted by molar-refractivity contribution is -0.133. The minimum atomic E-state index is -0.0126. The topological polar surface area (TPSA) is 68.5 Å². The van der Waals surface area contributed by atoms with Gasteiger partial charge in [0, 0.05) is 12.1 Å². The lowest BCUT2D eigenvalue weighted by Gasteiger charge is -2.32. The monoisotopic (exact) mass is 377 g/mol. The summed E-state index contributed by atoms with van der Waals surface area (Å²) in [5.41, 5.74) is 1.98. The third kappa shape index (κ3) is 4.22. The predicted octanol–water partition coefficient (Wildman–Crippen LogP) is 3.66. The highest BCUT2D eigenvalue weighted by Gasteiger charge is 2.26. The van der Waals surface area contributed by atoms with Crippen LogP contribution in [-0.4, -0.2) is 40.1 Å². The van der Waals surface area contributed by atoms with Crippen molar-refractivity contribution in [1.29, 1.82) is 0 Å². The van der Waals surface area contributed by atoms with Crippen LogP contribution in [0.5, 0.6) is 5.75 Å². The molecule has 0 spiro atoms. The van der Waals surface area contributed by atoms with Crippen LogP contribution in [0, 0.1) is 6.92 Å². The number of likely N-dealkylation sites (tertiary alicyclic amines) is 1. The first kappa shape index (κ1) is 18.2. The van der Waals surface area contributed by atoms with E-state index in [-0.39, 0.29) is 18.4 Å². The number of benzene rings is 2. The number of para-hydroxylation sites is 1. The van der Waals surface area contributed by atoms with Gasteiger partial charge in [0.2, 0.25) is 17.6 Å². The van der Waals surface area contributed by atoms with Crippen LogP contribution in [-0.2, 0) is 11.2 Å². The summed E-state index contributed by atoms with van der Waals surface area (Å²) in [5.74, 6) is 1.68. The number of ether oxygens (including phenoxy) is 1. The van der Waals surface area contributed by atoms with Crippen molar-refractivity contribution >= 4 is 5.91 Å². The summed E-state index contributed by atoms with van der Waals surface area (Å²) >= 11 is 0. The fraction of sp³-hybridized carbons (Fsp3) is 0.318. The van der Waals surface area contributed by atoms with Gasteiger partial charge in [-0.15, -0.1) is 0 Å². The maximum atomic E-state index is 12.7. The largest absolute Gasteiger partial charge is 0.489 e. The first-order valence-electron chi connectivity index (χ1n) is 9.57. The van der Waals surface area contributed by atoms with Crippen LogP contribution >= 0.6 is 0 Å². The molecule has 6 nitrogen and oxygen atoms in total. The molecule has 3 aromatic rings. The van der Waals surface area contributed by atoms with Crippen LogP contribution in [0.15, 0.2) is 59.1 Å². The second kappa shape index (κ2) is 8.25. The molecule has 6 heteroatoms. The van der Waals surface area contributed by atoms with Gasteiger partial charge >= 0.3 is 0 Å². The van der Waals surface area contributed by atoms with E-state index in [0.717, 1.165) is 36.3 Å². The third-order valence-corrected chi connectivity index (χ3v) is 4.93. The molecule has 1 aromatic heterocycles. The smallest absolute Gasteiger partial charge is 0.236 e. The van der Waals surface area contributed by atoms with Gasteiger partial charge in [-0.1, -0.05) is 47.6 Å². The molecular weight excluding hydrogens is 354 g/mol. The third-order valence-electron chi connectivity index (χ3n) is 4.93. The summed E-state index contributed by atoms with van der Waals surface area (Å²) in [6.45, 7) is 3.30. The lowest BCUT2D eigenvalue weighted by atomic mass is 10.1. The summed E-state index contributed by atoms with van der Waals surface area (Å²) in [6.07, 6.45) is 1.97. The molecule has 1 aliphatic rings. The Morgan fingerprint density at radius 2 is 1.96 bits per heavy atom. The standard InChI is InChI=1S/C22H23N3O3/c1-16-8-5-6-12-19(16)22-23-20(28-24-22)14-21(26)25-13-7-11-18(15-25)27-17-9-3-2-4-10-17/h2-6,8-10,12,18H,7,11,13-15H2,1H3. The molecule has 1 unspecified atom stereocenters. The van der Waals surface area contributed by atoms with Gasteiger partial charge in [0.25, 0.3) is 0 Å². The summed E-state index contributed by atoms with van der Waals surface area (Å²) in [7, 11) is 0. The lowest BCUT2D eigenvalue weighted by Crippen LogP contribution is -2.45. The van der Waals surface area contributed by atoms with Crippen molar-refractivity contribution in [3.63, 3.8) is 0 Å². The Bertz CT molecular complexity index is 939. The molecule has 0 N–H and O–H groups in total. The van der Waals surface area contributed by atoms with Crippen molar-refractivity contribution in [2.75, 3.05) is 13.1 Å². The molecular formula is C22H23N3O3. The zero-order valence-electron chi connectivity index (χ0n) is 15.9. The molecule has 0 radical (unpaired) electrons. The van der Waals surface area contributed by atoms with Crippen molar-refractivity contribution in [1.82, 2.24) is 15.0 Å². The highest BCUT2D eigenvalue weighted by Crippen LogP contribution is 2.21. The molecule has 0 aliphatic carbocycles. The highest BCUT2D eigenvalue weighted by molar-refractivity contribution is 5.78. The van der Waals surface area contributed by atoms with Gasteiger partial charge < -0.3 is 14.2 Å². The Morgan fingerprint density at radius 1 is 1.18 bits per heavy atom. The fourth-order valence-electron chi connectivity index (χ4n) is 3.45. The first-order valence-corrected chi connectivity index (χ1v) is 9.57. The number of carbonyl (C=O) groups is 1. The molecule has 0 bridgehead atoms. The van der Waals surface area contributed by atoms with Crippen LogP contribution in [0.3, 0.4) is 0 Å². The Hall–Kier alpha value is -3.15. The Labute approximate surface area is 164 Å². The fourth-order valence-corrected chi connectivity index (χ4v) is 3.45. The number of carbonyl (C=O) groups excluding carboxylic acids is 1. The van der Waals surface area contributed by atoms with E-state index >= 15 is 0 Å². The number of amides is 1. The molecule has 1 fully saturated rings. The van der Waals surface area contributed by atoms with Gasteiger partial charge in [-0.3, -0.25) is 4.79 Å². The van der Waals surface area contributed by atoms with Gasteiger partial charge in [-0.05, 0) is 37.5 Å². The van der Waals surface area contributed by atoms with E-state index in [2.05, 4.69) is 10.1 Å². The zero-order valence-corrected chi connectivity index (χ0v) is 15.9. The summed E-state index contributed by atoms with van der Waals surface area (Å²) < 4.78 is 11.3.